The number of carboxylic acid groups (broad SMARTS) is 1. The van der Waals surface area contributed by atoms with Gasteiger partial charge in [0.2, 0.25) is 17.7 Å². The molecule has 0 aromatic heterocycles. The molecular weight excluding hydrogens is 348 g/mol. The average molecular weight is 368 g/mol. The van der Waals surface area contributed by atoms with Crippen molar-refractivity contribution in [2.45, 2.75) is 18.1 Å². The van der Waals surface area contributed by atoms with Crippen molar-refractivity contribution in [2.75, 3.05) is 24.7 Å². The quantitative estimate of drug-likeness (QED) is 0.184. The maximum Gasteiger partial charge on any atom is 0.327 e. The molecule has 10 nitrogen and oxygen atoms in total. The number of aliphatic hydroxyl groups excluding tert-OH is 1. The van der Waals surface area contributed by atoms with Crippen molar-refractivity contribution in [3.05, 3.63) is 0 Å². The van der Waals surface area contributed by atoms with Gasteiger partial charge < -0.3 is 31.9 Å². The summed E-state index contributed by atoms with van der Waals surface area (Å²) in [5.74, 6) is -3.61. The first-order chi connectivity index (χ1) is 10.8. The summed E-state index contributed by atoms with van der Waals surface area (Å²) in [7, 11) is 0. The number of carboxylic acids is 1. The van der Waals surface area contributed by atoms with E-state index < -0.39 is 55.0 Å². The largest absolute Gasteiger partial charge is 0.480 e. The summed E-state index contributed by atoms with van der Waals surface area (Å²) in [6, 6.07) is -3.50. The highest BCUT2D eigenvalue weighted by Crippen LogP contribution is 1.92. The fourth-order valence-corrected chi connectivity index (χ4v) is 1.69. The molecule has 0 saturated carbocycles. The second-order valence-electron chi connectivity index (χ2n) is 4.39. The predicted molar refractivity (Wildman–Crippen MR) is 87.3 cm³/mol. The van der Waals surface area contributed by atoms with Crippen LogP contribution < -0.4 is 21.7 Å². The molecule has 0 aliphatic carbocycles. The van der Waals surface area contributed by atoms with Gasteiger partial charge in [0, 0.05) is 11.5 Å². The van der Waals surface area contributed by atoms with Crippen LogP contribution in [0.2, 0.25) is 0 Å². The lowest BCUT2D eigenvalue weighted by atomic mass is 10.2. The van der Waals surface area contributed by atoms with E-state index in [1.54, 1.807) is 0 Å². The molecule has 7 N–H and O–H groups in total. The molecule has 3 atom stereocenters. The van der Waals surface area contributed by atoms with E-state index in [4.69, 9.17) is 15.9 Å². The number of hydrogen-bond donors (Lipinski definition) is 8. The minimum atomic E-state index is -1.36. The van der Waals surface area contributed by atoms with Crippen molar-refractivity contribution in [2.24, 2.45) is 5.73 Å². The summed E-state index contributed by atoms with van der Waals surface area (Å²) in [6.45, 7) is -1.21. The van der Waals surface area contributed by atoms with E-state index in [0.29, 0.717) is 0 Å². The van der Waals surface area contributed by atoms with Gasteiger partial charge in [0.1, 0.15) is 12.1 Å². The second-order valence-corrected chi connectivity index (χ2v) is 5.12. The first kappa shape index (κ1) is 21.5. The Bertz CT molecular complexity index is 450. The summed E-state index contributed by atoms with van der Waals surface area (Å²) >= 11 is 7.60. The zero-order valence-corrected chi connectivity index (χ0v) is 13.8. The van der Waals surface area contributed by atoms with Gasteiger partial charge in [-0.05, 0) is 0 Å². The lowest BCUT2D eigenvalue weighted by Gasteiger charge is -2.19. The molecule has 0 fully saturated rings. The minimum Gasteiger partial charge on any atom is -0.480 e. The van der Waals surface area contributed by atoms with Crippen LogP contribution in [-0.2, 0) is 19.2 Å². The van der Waals surface area contributed by atoms with Crippen LogP contribution in [0, 0.1) is 0 Å². The van der Waals surface area contributed by atoms with Crippen LogP contribution in [0.3, 0.4) is 0 Å². The third-order valence-electron chi connectivity index (χ3n) is 2.59. The highest BCUT2D eigenvalue weighted by molar-refractivity contribution is 7.80. The van der Waals surface area contributed by atoms with Crippen molar-refractivity contribution in [1.82, 2.24) is 16.0 Å². The maximum absolute atomic E-state index is 11.8. The molecular formula is C11H20N4O6S2. The number of nitrogens with one attached hydrogen (secondary N) is 3. The number of amides is 3. The zero-order valence-electron chi connectivity index (χ0n) is 12.1. The number of aliphatic hydroxyl groups is 1. The monoisotopic (exact) mass is 368 g/mol. The van der Waals surface area contributed by atoms with E-state index in [1.807, 2.05) is 0 Å². The van der Waals surface area contributed by atoms with Gasteiger partial charge in [-0.2, -0.15) is 25.3 Å². The van der Waals surface area contributed by atoms with Crippen LogP contribution in [0.15, 0.2) is 0 Å². The van der Waals surface area contributed by atoms with Crippen LogP contribution in [0.25, 0.3) is 0 Å². The smallest absolute Gasteiger partial charge is 0.327 e. The fourth-order valence-electron chi connectivity index (χ4n) is 1.28. The van der Waals surface area contributed by atoms with E-state index >= 15 is 0 Å². The fraction of sp³-hybridized carbons (Fsp3) is 0.636. The van der Waals surface area contributed by atoms with Crippen molar-refractivity contribution in [3.8, 4) is 0 Å². The summed E-state index contributed by atoms with van der Waals surface area (Å²) in [5.41, 5.74) is 5.39. The maximum atomic E-state index is 11.8. The minimum absolute atomic E-state index is 0.0927. The van der Waals surface area contributed by atoms with Crippen LogP contribution in [0.1, 0.15) is 0 Å². The third kappa shape index (κ3) is 8.06. The topological polar surface area (TPSA) is 171 Å². The van der Waals surface area contributed by atoms with Gasteiger partial charge in [-0.15, -0.1) is 0 Å². The molecule has 12 heteroatoms. The number of aliphatic carboxylic acids is 1. The number of nitrogens with two attached hydrogens (primary N) is 1. The van der Waals surface area contributed by atoms with E-state index in [2.05, 4.69) is 41.2 Å². The molecule has 0 spiro atoms. The van der Waals surface area contributed by atoms with Gasteiger partial charge in [0.25, 0.3) is 0 Å². The van der Waals surface area contributed by atoms with Gasteiger partial charge in [0.15, 0.2) is 0 Å². The number of carbonyl (C=O) groups is 4. The zero-order chi connectivity index (χ0) is 18.0. The van der Waals surface area contributed by atoms with Crippen molar-refractivity contribution < 1.29 is 29.4 Å². The van der Waals surface area contributed by atoms with Crippen LogP contribution in [0.4, 0.5) is 0 Å². The Balaban J connectivity index is 4.46. The SMILES string of the molecule is NC(CS)C(=O)NCC(=O)NC(CO)C(=O)NC(CS)C(=O)O. The molecule has 0 bridgehead atoms. The van der Waals surface area contributed by atoms with Gasteiger partial charge in [-0.3, -0.25) is 14.4 Å². The number of thiol groups is 2. The Labute approximate surface area is 143 Å². The van der Waals surface area contributed by atoms with E-state index in [1.165, 1.54) is 0 Å². The summed E-state index contributed by atoms with van der Waals surface area (Å²) < 4.78 is 0. The second kappa shape index (κ2) is 11.1. The number of hydrogen-bond acceptors (Lipinski definition) is 8. The van der Waals surface area contributed by atoms with E-state index in [0.717, 1.165) is 0 Å². The average Bonchev–Trinajstić information content (AvgIpc) is 2.53. The van der Waals surface area contributed by atoms with Gasteiger partial charge in [-0.25, -0.2) is 4.79 Å². The van der Waals surface area contributed by atoms with E-state index in [-0.39, 0.29) is 11.5 Å². The molecule has 3 unspecified atom stereocenters. The Morgan fingerprint density at radius 3 is 2.04 bits per heavy atom. The lowest BCUT2D eigenvalue weighted by molar-refractivity contribution is -0.141. The van der Waals surface area contributed by atoms with E-state index in [9.17, 15) is 19.2 Å². The molecule has 132 valence electrons. The van der Waals surface area contributed by atoms with Gasteiger partial charge in [0.05, 0.1) is 19.2 Å². The van der Waals surface area contributed by atoms with Crippen molar-refractivity contribution in [3.63, 3.8) is 0 Å². The molecule has 3 amide bonds. The summed E-state index contributed by atoms with van der Waals surface area (Å²) in [5, 5.41) is 24.4. The molecule has 0 aliphatic rings. The van der Waals surface area contributed by atoms with Crippen molar-refractivity contribution in [1.29, 1.82) is 0 Å². The molecule has 23 heavy (non-hydrogen) atoms. The molecule has 0 aromatic rings. The van der Waals surface area contributed by atoms with Gasteiger partial charge >= 0.3 is 5.97 Å². The molecule has 0 radical (unpaired) electrons. The lowest BCUT2D eigenvalue weighted by Crippen LogP contribution is -2.55. The molecule has 0 saturated heterocycles. The predicted octanol–water partition coefficient (Wildman–Crippen LogP) is -3.66. The Hall–Kier alpha value is -1.50. The normalized spacial score (nSPS) is 14.3. The highest BCUT2D eigenvalue weighted by Gasteiger charge is 2.25. The third-order valence-corrected chi connectivity index (χ3v) is 3.35. The Kier molecular flexibility index (Phi) is 10.4. The standard InChI is InChI=1S/C11H20N4O6S2/c12-5(3-22)9(18)13-1-8(17)14-6(2-16)10(19)15-7(4-23)11(20)21/h5-7,16,22-23H,1-4,12H2,(H,13,18)(H,14,17)(H,15,19)(H,20,21). The summed E-state index contributed by atoms with van der Waals surface area (Å²) in [4.78, 5) is 45.5. The number of rotatable bonds is 10. The van der Waals surface area contributed by atoms with Crippen LogP contribution in [-0.4, -0.2) is 76.7 Å². The van der Waals surface area contributed by atoms with Crippen molar-refractivity contribution >= 4 is 48.9 Å². The molecule has 0 aliphatic heterocycles. The molecule has 0 aromatic carbocycles. The Morgan fingerprint density at radius 2 is 1.61 bits per heavy atom. The first-order valence-electron chi connectivity index (χ1n) is 6.45. The summed E-state index contributed by atoms with van der Waals surface area (Å²) in [6.07, 6.45) is 0. The van der Waals surface area contributed by atoms with Crippen LogP contribution >= 0.6 is 25.3 Å². The molecule has 0 heterocycles. The highest BCUT2D eigenvalue weighted by atomic mass is 32.1. The molecule has 0 rings (SSSR count). The van der Waals surface area contributed by atoms with Gasteiger partial charge in [-0.1, -0.05) is 0 Å². The first-order valence-corrected chi connectivity index (χ1v) is 7.71. The Morgan fingerprint density at radius 1 is 1.00 bits per heavy atom. The van der Waals surface area contributed by atoms with Crippen LogP contribution in [0.5, 0.6) is 0 Å². The number of carbonyl (C=O) groups excluding carboxylic acids is 3.